The lowest BCUT2D eigenvalue weighted by Crippen LogP contribution is -2.46. The molecule has 0 aliphatic carbocycles. The number of piperazine rings is 1. The van der Waals surface area contributed by atoms with Gasteiger partial charge in [-0.1, -0.05) is 54.6 Å². The van der Waals surface area contributed by atoms with Gasteiger partial charge >= 0.3 is 0 Å². The molecular formula is C23H26ClN5O3S. The normalized spacial score (nSPS) is 14.3. The van der Waals surface area contributed by atoms with E-state index in [0.717, 1.165) is 44.2 Å². The Balaban J connectivity index is 1.31. The number of anilines is 2. The highest BCUT2D eigenvalue weighted by atomic mass is 35.5. The zero-order valence-electron chi connectivity index (χ0n) is 18.4. The molecule has 33 heavy (non-hydrogen) atoms. The third kappa shape index (κ3) is 6.40. The Bertz CT molecular complexity index is 1060. The molecule has 0 radical (unpaired) electrons. The standard InChI is InChI=1S/C23H26ClN5O3S/c1-2-28-11-13-29(14-12-28)22-18(24)9-6-10-19(22)25-20(30)16-33-23-27-26-21(32-23)15-31-17-7-4-3-5-8-17/h3-10H,2,11-16H2,1H3,(H,25,30). The molecule has 0 spiro atoms. The van der Waals surface area contributed by atoms with E-state index in [1.165, 1.54) is 11.8 Å². The van der Waals surface area contributed by atoms with Crippen LogP contribution in [0, 0.1) is 0 Å². The number of carbonyl (C=O) groups excluding carboxylic acids is 1. The minimum Gasteiger partial charge on any atom is -0.484 e. The van der Waals surface area contributed by atoms with Crippen molar-refractivity contribution in [2.75, 3.05) is 48.7 Å². The number of nitrogens with one attached hydrogen (secondary N) is 1. The number of hydrogen-bond donors (Lipinski definition) is 1. The minimum absolute atomic E-state index is 0.136. The fraction of sp³-hybridized carbons (Fsp3) is 0.348. The van der Waals surface area contributed by atoms with Crippen LogP contribution in [0.25, 0.3) is 0 Å². The summed E-state index contributed by atoms with van der Waals surface area (Å²) in [5, 5.41) is 11.9. The van der Waals surface area contributed by atoms with Crippen molar-refractivity contribution in [1.29, 1.82) is 0 Å². The van der Waals surface area contributed by atoms with Crippen molar-refractivity contribution in [3.05, 3.63) is 59.4 Å². The summed E-state index contributed by atoms with van der Waals surface area (Å²) >= 11 is 7.69. The fourth-order valence-corrected chi connectivity index (χ4v) is 4.43. The number of hydrogen-bond acceptors (Lipinski definition) is 8. The number of carbonyl (C=O) groups is 1. The lowest BCUT2D eigenvalue weighted by atomic mass is 10.2. The van der Waals surface area contributed by atoms with Crippen LogP contribution in [0.3, 0.4) is 0 Å². The van der Waals surface area contributed by atoms with Gasteiger partial charge in [0.1, 0.15) is 5.75 Å². The second kappa shape index (κ2) is 11.4. The summed E-state index contributed by atoms with van der Waals surface area (Å²) in [6.07, 6.45) is 0. The van der Waals surface area contributed by atoms with E-state index >= 15 is 0 Å². The van der Waals surface area contributed by atoms with E-state index < -0.39 is 0 Å². The second-order valence-electron chi connectivity index (χ2n) is 7.46. The molecule has 2 heterocycles. The Kier molecular flexibility index (Phi) is 8.09. The highest BCUT2D eigenvalue weighted by Gasteiger charge is 2.21. The van der Waals surface area contributed by atoms with Crippen LogP contribution in [0.1, 0.15) is 12.8 Å². The largest absolute Gasteiger partial charge is 0.484 e. The number of benzene rings is 2. The zero-order valence-corrected chi connectivity index (χ0v) is 19.9. The summed E-state index contributed by atoms with van der Waals surface area (Å²) in [6.45, 7) is 7.04. The molecule has 3 aromatic rings. The van der Waals surface area contributed by atoms with Gasteiger partial charge in [0.2, 0.25) is 5.91 Å². The average Bonchev–Trinajstić information content (AvgIpc) is 3.30. The number of rotatable bonds is 9. The molecule has 0 bridgehead atoms. The first kappa shape index (κ1) is 23.4. The summed E-state index contributed by atoms with van der Waals surface area (Å²) in [7, 11) is 0. The van der Waals surface area contributed by atoms with Crippen LogP contribution in [-0.2, 0) is 11.4 Å². The van der Waals surface area contributed by atoms with E-state index in [1.807, 2.05) is 48.5 Å². The monoisotopic (exact) mass is 487 g/mol. The van der Waals surface area contributed by atoms with Crippen LogP contribution >= 0.6 is 23.4 Å². The fourth-order valence-electron chi connectivity index (χ4n) is 3.56. The molecule has 1 amide bonds. The highest BCUT2D eigenvalue weighted by Crippen LogP contribution is 2.34. The summed E-state index contributed by atoms with van der Waals surface area (Å²) in [5.74, 6) is 1.04. The van der Waals surface area contributed by atoms with Gasteiger partial charge in [-0.2, -0.15) is 0 Å². The van der Waals surface area contributed by atoms with Gasteiger partial charge in [0.25, 0.3) is 11.1 Å². The first-order valence-corrected chi connectivity index (χ1v) is 12.2. The number of likely N-dealkylation sites (N-methyl/N-ethyl adjacent to an activating group) is 1. The Morgan fingerprint density at radius 3 is 2.67 bits per heavy atom. The van der Waals surface area contributed by atoms with E-state index in [2.05, 4.69) is 32.2 Å². The summed E-state index contributed by atoms with van der Waals surface area (Å²) in [6, 6.07) is 15.0. The van der Waals surface area contributed by atoms with Crippen molar-refractivity contribution >= 4 is 40.6 Å². The van der Waals surface area contributed by atoms with Crippen molar-refractivity contribution < 1.29 is 13.9 Å². The van der Waals surface area contributed by atoms with Gasteiger partial charge in [-0.3, -0.25) is 4.79 Å². The van der Waals surface area contributed by atoms with Gasteiger partial charge in [-0.25, -0.2) is 0 Å². The molecule has 8 nitrogen and oxygen atoms in total. The smallest absolute Gasteiger partial charge is 0.277 e. The molecule has 10 heteroatoms. The van der Waals surface area contributed by atoms with Crippen molar-refractivity contribution in [3.63, 3.8) is 0 Å². The molecular weight excluding hydrogens is 462 g/mol. The van der Waals surface area contributed by atoms with Gasteiger partial charge in [0.15, 0.2) is 6.61 Å². The number of halogens is 1. The molecule has 1 aromatic heterocycles. The Labute approximate surface area is 202 Å². The molecule has 1 aliphatic rings. The highest BCUT2D eigenvalue weighted by molar-refractivity contribution is 7.99. The lowest BCUT2D eigenvalue weighted by molar-refractivity contribution is -0.113. The van der Waals surface area contributed by atoms with Crippen LogP contribution in [0.5, 0.6) is 5.75 Å². The molecule has 1 aliphatic heterocycles. The van der Waals surface area contributed by atoms with E-state index in [-0.39, 0.29) is 18.3 Å². The Hall–Kier alpha value is -2.75. The minimum atomic E-state index is -0.170. The van der Waals surface area contributed by atoms with E-state index in [0.29, 0.717) is 21.8 Å². The molecule has 1 fully saturated rings. The molecule has 0 unspecified atom stereocenters. The maximum absolute atomic E-state index is 12.6. The van der Waals surface area contributed by atoms with Crippen molar-refractivity contribution in [3.8, 4) is 5.75 Å². The first-order chi connectivity index (χ1) is 16.1. The predicted octanol–water partition coefficient (Wildman–Crippen LogP) is 4.17. The van der Waals surface area contributed by atoms with Crippen molar-refractivity contribution in [1.82, 2.24) is 15.1 Å². The molecule has 2 aromatic carbocycles. The molecule has 1 saturated heterocycles. The van der Waals surface area contributed by atoms with Crippen LogP contribution in [0.4, 0.5) is 11.4 Å². The topological polar surface area (TPSA) is 83.7 Å². The van der Waals surface area contributed by atoms with Crippen molar-refractivity contribution in [2.45, 2.75) is 18.8 Å². The number of nitrogens with zero attached hydrogens (tertiary/aromatic N) is 4. The average molecular weight is 488 g/mol. The molecule has 0 atom stereocenters. The van der Waals surface area contributed by atoms with Crippen LogP contribution in [-0.4, -0.2) is 59.5 Å². The van der Waals surface area contributed by atoms with Crippen LogP contribution in [0.15, 0.2) is 58.2 Å². The number of thioether (sulfide) groups is 1. The van der Waals surface area contributed by atoms with Gasteiger partial charge in [-0.15, -0.1) is 10.2 Å². The zero-order chi connectivity index (χ0) is 23.0. The molecule has 4 rings (SSSR count). The van der Waals surface area contributed by atoms with E-state index in [9.17, 15) is 4.79 Å². The molecule has 174 valence electrons. The first-order valence-electron chi connectivity index (χ1n) is 10.8. The lowest BCUT2D eigenvalue weighted by Gasteiger charge is -2.36. The number of ether oxygens (including phenoxy) is 1. The van der Waals surface area contributed by atoms with E-state index in [4.69, 9.17) is 20.8 Å². The summed E-state index contributed by atoms with van der Waals surface area (Å²) < 4.78 is 11.2. The molecule has 1 N–H and O–H groups in total. The van der Waals surface area contributed by atoms with Gasteiger partial charge < -0.3 is 24.3 Å². The van der Waals surface area contributed by atoms with Gasteiger partial charge in [-0.05, 0) is 30.8 Å². The van der Waals surface area contributed by atoms with E-state index in [1.54, 1.807) is 0 Å². The Morgan fingerprint density at radius 2 is 1.91 bits per heavy atom. The van der Waals surface area contributed by atoms with Gasteiger partial charge in [0.05, 0.1) is 22.2 Å². The summed E-state index contributed by atoms with van der Waals surface area (Å²) in [5.41, 5.74) is 1.58. The third-order valence-electron chi connectivity index (χ3n) is 5.28. The van der Waals surface area contributed by atoms with Crippen LogP contribution < -0.4 is 15.0 Å². The number of amides is 1. The third-order valence-corrected chi connectivity index (χ3v) is 6.40. The number of aromatic nitrogens is 2. The Morgan fingerprint density at radius 1 is 1.12 bits per heavy atom. The maximum Gasteiger partial charge on any atom is 0.277 e. The predicted molar refractivity (Wildman–Crippen MR) is 130 cm³/mol. The second-order valence-corrected chi connectivity index (χ2v) is 8.79. The quantitative estimate of drug-likeness (QED) is 0.450. The van der Waals surface area contributed by atoms with Crippen LogP contribution in [0.2, 0.25) is 5.02 Å². The molecule has 0 saturated carbocycles. The number of para-hydroxylation sites is 2. The van der Waals surface area contributed by atoms with Crippen molar-refractivity contribution in [2.24, 2.45) is 0 Å². The SMILES string of the molecule is CCN1CCN(c2c(Cl)cccc2NC(=O)CSc2nnc(COc3ccccc3)o2)CC1. The summed E-state index contributed by atoms with van der Waals surface area (Å²) in [4.78, 5) is 17.3. The maximum atomic E-state index is 12.6. The van der Waals surface area contributed by atoms with Gasteiger partial charge in [0, 0.05) is 26.2 Å².